The smallest absolute Gasteiger partial charge is 0.265 e. The molecule has 1 aromatic rings. The third-order valence-corrected chi connectivity index (χ3v) is 3.70. The van der Waals surface area contributed by atoms with Crippen molar-refractivity contribution in [2.24, 2.45) is 4.99 Å². The zero-order valence-corrected chi connectivity index (χ0v) is 9.80. The molecular weight excluding hydrogens is 212 g/mol. The Bertz CT molecular complexity index is 470. The van der Waals surface area contributed by atoms with E-state index < -0.39 is 5.66 Å². The van der Waals surface area contributed by atoms with Crippen LogP contribution in [0.25, 0.3) is 0 Å². The average molecular weight is 228 g/mol. The monoisotopic (exact) mass is 228 g/mol. The number of benzene rings is 1. The van der Waals surface area contributed by atoms with Crippen molar-refractivity contribution in [2.75, 3.05) is 0 Å². The van der Waals surface area contributed by atoms with E-state index in [1.807, 2.05) is 30.3 Å². The van der Waals surface area contributed by atoms with Crippen LogP contribution in [0.15, 0.2) is 35.3 Å². The summed E-state index contributed by atoms with van der Waals surface area (Å²) in [4.78, 5) is 4.70. The molecule has 1 fully saturated rings. The SMILES string of the molecule is [O-][N+]1=CC(c2ccccc2)=NC12CCCCC2. The third-order valence-electron chi connectivity index (χ3n) is 3.70. The van der Waals surface area contributed by atoms with Gasteiger partial charge in [-0.3, -0.25) is 0 Å². The van der Waals surface area contributed by atoms with Gasteiger partial charge in [0.25, 0.3) is 5.66 Å². The first kappa shape index (κ1) is 10.5. The Kier molecular flexibility index (Phi) is 2.46. The molecule has 0 radical (unpaired) electrons. The number of rotatable bonds is 1. The van der Waals surface area contributed by atoms with E-state index in [4.69, 9.17) is 4.99 Å². The minimum atomic E-state index is -0.483. The van der Waals surface area contributed by atoms with Gasteiger partial charge in [-0.15, -0.1) is 0 Å². The van der Waals surface area contributed by atoms with Crippen LogP contribution in [0.2, 0.25) is 0 Å². The van der Waals surface area contributed by atoms with Crippen LogP contribution in [0, 0.1) is 5.21 Å². The summed E-state index contributed by atoms with van der Waals surface area (Å²) in [5, 5.41) is 12.1. The zero-order valence-electron chi connectivity index (χ0n) is 9.80. The molecule has 17 heavy (non-hydrogen) atoms. The van der Waals surface area contributed by atoms with E-state index in [9.17, 15) is 5.21 Å². The van der Waals surface area contributed by atoms with Gasteiger partial charge in [-0.05, 0) is 12.8 Å². The van der Waals surface area contributed by atoms with Crippen LogP contribution in [-0.4, -0.2) is 22.3 Å². The summed E-state index contributed by atoms with van der Waals surface area (Å²) < 4.78 is 1.08. The molecule has 3 rings (SSSR count). The third kappa shape index (κ3) is 1.75. The molecule has 3 nitrogen and oxygen atoms in total. The lowest BCUT2D eigenvalue weighted by Crippen LogP contribution is -2.36. The van der Waals surface area contributed by atoms with E-state index in [1.54, 1.807) is 6.21 Å². The molecule has 3 heteroatoms. The van der Waals surface area contributed by atoms with Gasteiger partial charge in [-0.25, -0.2) is 4.99 Å². The molecule has 88 valence electrons. The van der Waals surface area contributed by atoms with Crippen molar-refractivity contribution in [3.8, 4) is 0 Å². The van der Waals surface area contributed by atoms with Crippen LogP contribution in [0.5, 0.6) is 0 Å². The lowest BCUT2D eigenvalue weighted by Gasteiger charge is -2.28. The van der Waals surface area contributed by atoms with Crippen LogP contribution in [-0.2, 0) is 0 Å². The fraction of sp³-hybridized carbons (Fsp3) is 0.429. The van der Waals surface area contributed by atoms with Gasteiger partial charge in [0.15, 0.2) is 0 Å². The molecule has 1 saturated carbocycles. The highest BCUT2D eigenvalue weighted by molar-refractivity contribution is 6.37. The molecule has 0 aromatic heterocycles. The van der Waals surface area contributed by atoms with Crippen LogP contribution in [0.4, 0.5) is 0 Å². The predicted octanol–water partition coefficient (Wildman–Crippen LogP) is 2.73. The van der Waals surface area contributed by atoms with Crippen molar-refractivity contribution in [3.63, 3.8) is 0 Å². The number of hydrogen-bond acceptors (Lipinski definition) is 2. The van der Waals surface area contributed by atoms with Gasteiger partial charge in [-0.1, -0.05) is 36.8 Å². The quantitative estimate of drug-likeness (QED) is 0.538. The van der Waals surface area contributed by atoms with E-state index in [1.165, 1.54) is 6.42 Å². The molecule has 0 atom stereocenters. The van der Waals surface area contributed by atoms with Crippen LogP contribution >= 0.6 is 0 Å². The Hall–Kier alpha value is -1.64. The number of hydrogen-bond donors (Lipinski definition) is 0. The minimum absolute atomic E-state index is 0.483. The summed E-state index contributed by atoms with van der Waals surface area (Å²) in [5.41, 5.74) is 1.39. The van der Waals surface area contributed by atoms with Crippen LogP contribution < -0.4 is 0 Å². The molecule has 1 heterocycles. The molecule has 0 bridgehead atoms. The second-order valence-corrected chi connectivity index (χ2v) is 4.86. The fourth-order valence-electron chi connectivity index (χ4n) is 2.73. The number of hydroxylamine groups is 1. The lowest BCUT2D eigenvalue weighted by atomic mass is 9.90. The summed E-state index contributed by atoms with van der Waals surface area (Å²) in [6.45, 7) is 0. The van der Waals surface area contributed by atoms with Gasteiger partial charge in [0.1, 0.15) is 5.71 Å². The molecular formula is C14H16N2O. The lowest BCUT2D eigenvalue weighted by molar-refractivity contribution is -0.544. The first-order chi connectivity index (χ1) is 8.30. The Morgan fingerprint density at radius 1 is 1.06 bits per heavy atom. The second-order valence-electron chi connectivity index (χ2n) is 4.86. The maximum atomic E-state index is 12.1. The Labute approximate surface area is 101 Å². The normalized spacial score (nSPS) is 22.4. The summed E-state index contributed by atoms with van der Waals surface area (Å²) >= 11 is 0. The number of nitrogens with zero attached hydrogens (tertiary/aromatic N) is 2. The molecule has 0 unspecified atom stereocenters. The maximum absolute atomic E-state index is 12.1. The van der Waals surface area contributed by atoms with Crippen molar-refractivity contribution in [3.05, 3.63) is 41.1 Å². The Balaban J connectivity index is 1.96. The molecule has 1 aromatic carbocycles. The van der Waals surface area contributed by atoms with Gasteiger partial charge in [-0.2, -0.15) is 4.74 Å². The molecule has 2 aliphatic rings. The van der Waals surface area contributed by atoms with Crippen LogP contribution in [0.1, 0.15) is 37.7 Å². The zero-order chi connectivity index (χ0) is 11.7. The van der Waals surface area contributed by atoms with E-state index in [-0.39, 0.29) is 0 Å². The van der Waals surface area contributed by atoms with Gasteiger partial charge >= 0.3 is 0 Å². The highest BCUT2D eigenvalue weighted by Gasteiger charge is 2.43. The van der Waals surface area contributed by atoms with Gasteiger partial charge < -0.3 is 5.21 Å². The molecule has 1 spiro atoms. The van der Waals surface area contributed by atoms with E-state index in [2.05, 4.69) is 0 Å². The minimum Gasteiger partial charge on any atom is -0.622 e. The first-order valence-corrected chi connectivity index (χ1v) is 6.27. The maximum Gasteiger partial charge on any atom is 0.265 e. The van der Waals surface area contributed by atoms with Crippen molar-refractivity contribution in [1.82, 2.24) is 0 Å². The van der Waals surface area contributed by atoms with Crippen molar-refractivity contribution in [2.45, 2.75) is 37.8 Å². The van der Waals surface area contributed by atoms with E-state index in [0.717, 1.165) is 41.7 Å². The van der Waals surface area contributed by atoms with Crippen molar-refractivity contribution < 1.29 is 4.74 Å². The Morgan fingerprint density at radius 2 is 1.76 bits per heavy atom. The standard InChI is InChI=1S/C14H16N2O/c17-16-11-13(12-7-3-1-4-8-12)15-14(16)9-5-2-6-10-14/h1,3-4,7-8,11H,2,5-6,9-10H2. The molecule has 1 aliphatic carbocycles. The highest BCUT2D eigenvalue weighted by atomic mass is 16.5. The molecule has 0 N–H and O–H groups in total. The van der Waals surface area contributed by atoms with Crippen molar-refractivity contribution >= 4 is 11.9 Å². The van der Waals surface area contributed by atoms with E-state index >= 15 is 0 Å². The number of aliphatic imine (C=N–C) groups is 1. The van der Waals surface area contributed by atoms with Crippen LogP contribution in [0.3, 0.4) is 0 Å². The van der Waals surface area contributed by atoms with Gasteiger partial charge in [0.05, 0.1) is 0 Å². The first-order valence-electron chi connectivity index (χ1n) is 6.27. The topological polar surface area (TPSA) is 38.4 Å². The predicted molar refractivity (Wildman–Crippen MR) is 68.5 cm³/mol. The highest BCUT2D eigenvalue weighted by Crippen LogP contribution is 2.34. The van der Waals surface area contributed by atoms with Gasteiger partial charge in [0, 0.05) is 18.4 Å². The summed E-state index contributed by atoms with van der Waals surface area (Å²) in [7, 11) is 0. The molecule has 1 aliphatic heterocycles. The largest absolute Gasteiger partial charge is 0.622 e. The fourth-order valence-corrected chi connectivity index (χ4v) is 2.73. The summed E-state index contributed by atoms with van der Waals surface area (Å²) in [5.74, 6) is 0. The van der Waals surface area contributed by atoms with Gasteiger partial charge in [0.2, 0.25) is 6.21 Å². The van der Waals surface area contributed by atoms with E-state index in [0.29, 0.717) is 0 Å². The summed E-state index contributed by atoms with van der Waals surface area (Å²) in [6, 6.07) is 9.94. The summed E-state index contributed by atoms with van der Waals surface area (Å²) in [6.07, 6.45) is 6.88. The average Bonchev–Trinajstić information content (AvgIpc) is 2.69. The molecule has 0 saturated heterocycles. The second kappa shape index (κ2) is 3.99. The Morgan fingerprint density at radius 3 is 2.47 bits per heavy atom. The molecule has 0 amide bonds. The van der Waals surface area contributed by atoms with Crippen molar-refractivity contribution in [1.29, 1.82) is 0 Å².